The van der Waals surface area contributed by atoms with E-state index in [9.17, 15) is 4.79 Å². The maximum atomic E-state index is 10.1. The molecule has 1 aromatic rings. The van der Waals surface area contributed by atoms with Gasteiger partial charge in [-0.1, -0.05) is 12.1 Å². The number of para-hydroxylation sites is 1. The van der Waals surface area contributed by atoms with Gasteiger partial charge >= 0.3 is 0 Å². The normalized spacial score (nSPS) is 32.0. The Balaban J connectivity index is 0.000000219. The van der Waals surface area contributed by atoms with Gasteiger partial charge < -0.3 is 35.4 Å². The van der Waals surface area contributed by atoms with E-state index < -0.39 is 37.3 Å². The molecule has 2 rings (SSSR count). The molecule has 21 heavy (non-hydrogen) atoms. The lowest BCUT2D eigenvalue weighted by molar-refractivity contribution is -0.286. The molecular formula is C13H18O8. The number of aliphatic hydroxyl groups is 5. The van der Waals surface area contributed by atoms with Crippen molar-refractivity contribution in [2.45, 2.75) is 30.7 Å². The third-order valence-corrected chi connectivity index (χ3v) is 2.93. The molecule has 5 atom stereocenters. The molecule has 0 amide bonds. The Kier molecular flexibility index (Phi) is 6.69. The van der Waals surface area contributed by atoms with Gasteiger partial charge in [0.15, 0.2) is 12.6 Å². The summed E-state index contributed by atoms with van der Waals surface area (Å²) in [6.45, 7) is -0.526. The second-order valence-corrected chi connectivity index (χ2v) is 4.40. The van der Waals surface area contributed by atoms with Gasteiger partial charge in [-0.05, 0) is 12.1 Å². The van der Waals surface area contributed by atoms with Crippen molar-refractivity contribution < 1.29 is 40.2 Å². The predicted octanol–water partition coefficient (Wildman–Crippen LogP) is -2.02. The number of phenolic OH excluding ortho intramolecular Hbond substituents is 1. The van der Waals surface area contributed by atoms with Gasteiger partial charge in [0.05, 0.1) is 12.2 Å². The second-order valence-electron chi connectivity index (χ2n) is 4.40. The van der Waals surface area contributed by atoms with E-state index in [1.807, 2.05) is 0 Å². The van der Waals surface area contributed by atoms with Crippen LogP contribution in [0.15, 0.2) is 24.3 Å². The van der Waals surface area contributed by atoms with Crippen molar-refractivity contribution in [1.82, 2.24) is 0 Å². The quantitative estimate of drug-likeness (QED) is 0.343. The lowest BCUT2D eigenvalue weighted by Crippen LogP contribution is -2.58. The van der Waals surface area contributed by atoms with Crippen molar-refractivity contribution in [3.8, 4) is 5.75 Å². The van der Waals surface area contributed by atoms with Gasteiger partial charge in [-0.15, -0.1) is 0 Å². The zero-order valence-corrected chi connectivity index (χ0v) is 11.0. The number of hydrogen-bond acceptors (Lipinski definition) is 8. The molecule has 0 aliphatic carbocycles. The summed E-state index contributed by atoms with van der Waals surface area (Å²) in [5.41, 5.74) is 0.331. The molecule has 0 bridgehead atoms. The molecule has 1 unspecified atom stereocenters. The number of ether oxygens (including phenoxy) is 1. The third kappa shape index (κ3) is 4.46. The summed E-state index contributed by atoms with van der Waals surface area (Å²) in [6.07, 6.45) is -6.42. The smallest absolute Gasteiger partial charge is 0.184 e. The molecule has 0 radical (unpaired) electrons. The summed E-state index contributed by atoms with van der Waals surface area (Å²) < 4.78 is 4.58. The fraction of sp³-hybridized carbons (Fsp3) is 0.462. The number of carbonyl (C=O) groups excluding carboxylic acids is 1. The highest BCUT2D eigenvalue weighted by molar-refractivity contribution is 5.78. The van der Waals surface area contributed by atoms with Crippen LogP contribution in [0.3, 0.4) is 0 Å². The number of carbonyl (C=O) groups is 1. The number of aliphatic hydroxyl groups excluding tert-OH is 5. The van der Waals surface area contributed by atoms with Gasteiger partial charge in [-0.2, -0.15) is 0 Å². The maximum absolute atomic E-state index is 10.1. The molecule has 1 heterocycles. The van der Waals surface area contributed by atoms with Crippen molar-refractivity contribution in [3.05, 3.63) is 29.8 Å². The maximum Gasteiger partial charge on any atom is 0.184 e. The Bertz CT molecular complexity index is 447. The van der Waals surface area contributed by atoms with Gasteiger partial charge in [0.2, 0.25) is 0 Å². The second kappa shape index (κ2) is 8.03. The van der Waals surface area contributed by atoms with E-state index in [0.29, 0.717) is 11.8 Å². The molecule has 1 fully saturated rings. The zero-order valence-electron chi connectivity index (χ0n) is 11.0. The van der Waals surface area contributed by atoms with Crippen LogP contribution in [0.5, 0.6) is 5.75 Å². The lowest BCUT2D eigenvalue weighted by Gasteiger charge is -2.37. The summed E-state index contributed by atoms with van der Waals surface area (Å²) in [4.78, 5) is 10.1. The molecule has 6 N–H and O–H groups in total. The van der Waals surface area contributed by atoms with Crippen molar-refractivity contribution in [2.24, 2.45) is 0 Å². The highest BCUT2D eigenvalue weighted by Crippen LogP contribution is 2.19. The molecule has 8 nitrogen and oxygen atoms in total. The van der Waals surface area contributed by atoms with Crippen LogP contribution >= 0.6 is 0 Å². The van der Waals surface area contributed by atoms with Crippen molar-refractivity contribution >= 4 is 6.29 Å². The number of aldehydes is 1. The van der Waals surface area contributed by atoms with Crippen LogP contribution in [0.4, 0.5) is 0 Å². The first-order chi connectivity index (χ1) is 9.92. The average Bonchev–Trinajstić information content (AvgIpc) is 2.50. The number of benzene rings is 1. The summed E-state index contributed by atoms with van der Waals surface area (Å²) in [7, 11) is 0. The molecule has 118 valence electrons. The fourth-order valence-corrected chi connectivity index (χ4v) is 1.67. The van der Waals surface area contributed by atoms with Crippen LogP contribution in [0, 0.1) is 0 Å². The highest BCUT2D eigenvalue weighted by atomic mass is 16.6. The molecule has 0 aromatic heterocycles. The molecule has 1 aromatic carbocycles. The molecule has 0 spiro atoms. The Hall–Kier alpha value is -1.55. The first-order valence-corrected chi connectivity index (χ1v) is 6.14. The van der Waals surface area contributed by atoms with E-state index in [-0.39, 0.29) is 5.75 Å². The molecule has 0 saturated carbocycles. The Morgan fingerprint density at radius 2 is 1.67 bits per heavy atom. The van der Waals surface area contributed by atoms with Crippen LogP contribution in [0.25, 0.3) is 0 Å². The largest absolute Gasteiger partial charge is 0.507 e. The van der Waals surface area contributed by atoms with E-state index in [2.05, 4.69) is 4.74 Å². The van der Waals surface area contributed by atoms with Gasteiger partial charge in [-0.25, -0.2) is 0 Å². The minimum absolute atomic E-state index is 0.0347. The summed E-state index contributed by atoms with van der Waals surface area (Å²) in [6, 6.07) is 6.40. The molecule has 8 heteroatoms. The number of hydrogen-bond donors (Lipinski definition) is 6. The molecule has 1 aliphatic heterocycles. The van der Waals surface area contributed by atoms with Crippen LogP contribution in [-0.4, -0.2) is 74.2 Å². The first kappa shape index (κ1) is 17.5. The first-order valence-electron chi connectivity index (χ1n) is 6.14. The fourth-order valence-electron chi connectivity index (χ4n) is 1.67. The Morgan fingerprint density at radius 1 is 1.05 bits per heavy atom. The zero-order chi connectivity index (χ0) is 16.0. The van der Waals surface area contributed by atoms with Gasteiger partial charge in [0.25, 0.3) is 0 Å². The number of phenols is 1. The monoisotopic (exact) mass is 302 g/mol. The summed E-state index contributed by atoms with van der Waals surface area (Å²) in [5.74, 6) is 0.0347. The standard InChI is InChI=1S/C7H6O2.C6H12O6/c8-5-6-3-1-2-4-7(6)9;7-1-2-3(8)4(9)5(10)6(11)12-2/h1-5,9H;2-11H,1H2/t;2-,3+,4+,5-,6?/m.1/s1. The molecule has 1 saturated heterocycles. The third-order valence-electron chi connectivity index (χ3n) is 2.93. The minimum atomic E-state index is -1.57. The van der Waals surface area contributed by atoms with E-state index in [1.165, 1.54) is 6.07 Å². The van der Waals surface area contributed by atoms with E-state index >= 15 is 0 Å². The van der Waals surface area contributed by atoms with Crippen LogP contribution in [0.1, 0.15) is 10.4 Å². The van der Waals surface area contributed by atoms with Gasteiger partial charge in [0.1, 0.15) is 30.2 Å². The van der Waals surface area contributed by atoms with E-state index in [4.69, 9.17) is 30.6 Å². The summed E-state index contributed by atoms with van der Waals surface area (Å²) >= 11 is 0. The van der Waals surface area contributed by atoms with E-state index in [1.54, 1.807) is 18.2 Å². The van der Waals surface area contributed by atoms with Gasteiger partial charge in [0, 0.05) is 0 Å². The molecule has 1 aliphatic rings. The van der Waals surface area contributed by atoms with Crippen molar-refractivity contribution in [3.63, 3.8) is 0 Å². The van der Waals surface area contributed by atoms with Gasteiger partial charge in [-0.3, -0.25) is 4.79 Å². The SMILES string of the molecule is O=Cc1ccccc1O.OC[C@H]1OC(O)[C@H](O)[C@@H](O)[C@H]1O. The predicted molar refractivity (Wildman–Crippen MR) is 69.5 cm³/mol. The van der Waals surface area contributed by atoms with Crippen LogP contribution in [0.2, 0.25) is 0 Å². The Labute approximate surface area is 120 Å². The topological polar surface area (TPSA) is 148 Å². The Morgan fingerprint density at radius 3 is 2.14 bits per heavy atom. The van der Waals surface area contributed by atoms with E-state index in [0.717, 1.165) is 0 Å². The molecular weight excluding hydrogens is 284 g/mol. The van der Waals surface area contributed by atoms with Crippen molar-refractivity contribution in [1.29, 1.82) is 0 Å². The van der Waals surface area contributed by atoms with Crippen LogP contribution < -0.4 is 0 Å². The number of aromatic hydroxyl groups is 1. The van der Waals surface area contributed by atoms with Crippen LogP contribution in [-0.2, 0) is 4.74 Å². The van der Waals surface area contributed by atoms with Crippen molar-refractivity contribution in [2.75, 3.05) is 6.61 Å². The average molecular weight is 302 g/mol. The lowest BCUT2D eigenvalue weighted by atomic mass is 10.00. The highest BCUT2D eigenvalue weighted by Gasteiger charge is 2.42. The number of rotatable bonds is 2. The minimum Gasteiger partial charge on any atom is -0.507 e. The summed E-state index contributed by atoms with van der Waals surface area (Å²) in [5, 5.41) is 53.5.